The predicted molar refractivity (Wildman–Crippen MR) is 49.6 cm³/mol. The molecule has 0 aliphatic heterocycles. The zero-order chi connectivity index (χ0) is 9.84. The van der Waals surface area contributed by atoms with Crippen molar-refractivity contribution in [3.63, 3.8) is 0 Å². The highest BCUT2D eigenvalue weighted by molar-refractivity contribution is 5.36. The van der Waals surface area contributed by atoms with Crippen LogP contribution in [0.5, 0.6) is 0 Å². The third-order valence-corrected chi connectivity index (χ3v) is 1.90. The zero-order valence-corrected chi connectivity index (χ0v) is 7.78. The Bertz CT molecular complexity index is 323. The van der Waals surface area contributed by atoms with Crippen molar-refractivity contribution in [1.29, 1.82) is 0 Å². The summed E-state index contributed by atoms with van der Waals surface area (Å²) in [7, 11) is 0. The fourth-order valence-corrected chi connectivity index (χ4v) is 1.16. The Hall–Kier alpha value is -1.45. The second kappa shape index (κ2) is 3.98. The van der Waals surface area contributed by atoms with Crippen molar-refractivity contribution in [2.45, 2.75) is 26.7 Å². The summed E-state index contributed by atoms with van der Waals surface area (Å²) in [5.41, 5.74) is 1.60. The first-order valence-corrected chi connectivity index (χ1v) is 4.32. The molecule has 70 valence electrons. The molecule has 0 aliphatic carbocycles. The molecule has 1 heterocycles. The van der Waals surface area contributed by atoms with Crippen LogP contribution >= 0.6 is 0 Å². The average Bonchev–Trinajstić information content (AvgIpc) is 2.16. The van der Waals surface area contributed by atoms with Crippen molar-refractivity contribution in [3.8, 4) is 0 Å². The highest BCUT2D eigenvalue weighted by atomic mass is 16.6. The van der Waals surface area contributed by atoms with Gasteiger partial charge in [0, 0.05) is 11.8 Å². The summed E-state index contributed by atoms with van der Waals surface area (Å²) in [6, 6.07) is 3.24. The van der Waals surface area contributed by atoms with Crippen LogP contribution < -0.4 is 0 Å². The standard InChI is InChI=1S/C9H12N2O2/c1-3-7-5-6-9(11(12)13)8(4-2)10-7/h5-6H,3-4H2,1-2H3. The molecule has 1 aromatic rings. The minimum Gasteiger partial charge on any atom is -0.258 e. The highest BCUT2D eigenvalue weighted by Gasteiger charge is 2.13. The van der Waals surface area contributed by atoms with E-state index in [1.54, 1.807) is 6.07 Å². The Balaban J connectivity index is 3.15. The second-order valence-corrected chi connectivity index (χ2v) is 2.73. The van der Waals surface area contributed by atoms with Crippen molar-refractivity contribution in [3.05, 3.63) is 33.6 Å². The molecular weight excluding hydrogens is 168 g/mol. The first-order valence-electron chi connectivity index (χ1n) is 4.32. The summed E-state index contributed by atoms with van der Waals surface area (Å²) >= 11 is 0. The first kappa shape index (κ1) is 9.64. The van der Waals surface area contributed by atoms with Gasteiger partial charge >= 0.3 is 0 Å². The van der Waals surface area contributed by atoms with Crippen LogP contribution in [-0.4, -0.2) is 9.91 Å². The van der Waals surface area contributed by atoms with Gasteiger partial charge in [0.1, 0.15) is 5.69 Å². The molecule has 0 saturated carbocycles. The van der Waals surface area contributed by atoms with E-state index in [1.807, 2.05) is 13.8 Å². The van der Waals surface area contributed by atoms with Gasteiger partial charge < -0.3 is 0 Å². The number of pyridine rings is 1. The number of nitrogens with zero attached hydrogens (tertiary/aromatic N) is 2. The van der Waals surface area contributed by atoms with Gasteiger partial charge in [0.15, 0.2) is 0 Å². The number of aryl methyl sites for hydroxylation is 2. The van der Waals surface area contributed by atoms with E-state index in [2.05, 4.69) is 4.98 Å². The molecule has 4 heteroatoms. The molecule has 0 bridgehead atoms. The van der Waals surface area contributed by atoms with Crippen molar-refractivity contribution >= 4 is 5.69 Å². The van der Waals surface area contributed by atoms with E-state index in [-0.39, 0.29) is 10.6 Å². The maximum atomic E-state index is 10.5. The summed E-state index contributed by atoms with van der Waals surface area (Å²) < 4.78 is 0. The molecule has 1 rings (SSSR count). The molecule has 0 aromatic carbocycles. The summed E-state index contributed by atoms with van der Waals surface area (Å²) in [4.78, 5) is 14.4. The van der Waals surface area contributed by atoms with Gasteiger partial charge in [-0.25, -0.2) is 0 Å². The number of hydrogen-bond donors (Lipinski definition) is 0. The normalized spacial score (nSPS) is 10.0. The Morgan fingerprint density at radius 1 is 1.38 bits per heavy atom. The molecule has 0 aliphatic rings. The molecule has 0 amide bonds. The van der Waals surface area contributed by atoms with E-state index in [4.69, 9.17) is 0 Å². The Labute approximate surface area is 76.8 Å². The smallest absolute Gasteiger partial charge is 0.258 e. The van der Waals surface area contributed by atoms with Crippen molar-refractivity contribution in [2.75, 3.05) is 0 Å². The van der Waals surface area contributed by atoms with E-state index in [0.29, 0.717) is 12.1 Å². The number of rotatable bonds is 3. The van der Waals surface area contributed by atoms with Crippen LogP contribution in [0, 0.1) is 10.1 Å². The Morgan fingerprint density at radius 3 is 2.54 bits per heavy atom. The van der Waals surface area contributed by atoms with Crippen LogP contribution in [-0.2, 0) is 12.8 Å². The summed E-state index contributed by atoms with van der Waals surface area (Å²) in [5, 5.41) is 10.5. The van der Waals surface area contributed by atoms with Gasteiger partial charge in [0.05, 0.1) is 4.92 Å². The van der Waals surface area contributed by atoms with Crippen molar-refractivity contribution in [2.24, 2.45) is 0 Å². The van der Waals surface area contributed by atoms with E-state index in [0.717, 1.165) is 12.1 Å². The summed E-state index contributed by atoms with van der Waals surface area (Å²) in [6.07, 6.45) is 1.41. The lowest BCUT2D eigenvalue weighted by Gasteiger charge is -2.00. The van der Waals surface area contributed by atoms with Crippen LogP contribution in [0.1, 0.15) is 25.2 Å². The fraction of sp³-hybridized carbons (Fsp3) is 0.444. The predicted octanol–water partition coefficient (Wildman–Crippen LogP) is 2.11. The molecule has 0 radical (unpaired) electrons. The molecular formula is C9H12N2O2. The lowest BCUT2D eigenvalue weighted by Crippen LogP contribution is -1.99. The van der Waals surface area contributed by atoms with Crippen LogP contribution in [0.3, 0.4) is 0 Å². The topological polar surface area (TPSA) is 56.0 Å². The largest absolute Gasteiger partial charge is 0.290 e. The quantitative estimate of drug-likeness (QED) is 0.528. The Morgan fingerprint density at radius 2 is 2.08 bits per heavy atom. The number of aromatic nitrogens is 1. The molecule has 13 heavy (non-hydrogen) atoms. The lowest BCUT2D eigenvalue weighted by atomic mass is 10.2. The van der Waals surface area contributed by atoms with Gasteiger partial charge in [-0.1, -0.05) is 13.8 Å². The summed E-state index contributed by atoms with van der Waals surface area (Å²) in [6.45, 7) is 3.85. The van der Waals surface area contributed by atoms with Gasteiger partial charge in [0.2, 0.25) is 0 Å². The molecule has 0 saturated heterocycles. The average molecular weight is 180 g/mol. The van der Waals surface area contributed by atoms with Gasteiger partial charge in [-0.3, -0.25) is 15.1 Å². The van der Waals surface area contributed by atoms with E-state index >= 15 is 0 Å². The molecule has 0 fully saturated rings. The van der Waals surface area contributed by atoms with Gasteiger partial charge in [-0.15, -0.1) is 0 Å². The highest BCUT2D eigenvalue weighted by Crippen LogP contribution is 2.17. The maximum Gasteiger partial charge on any atom is 0.290 e. The van der Waals surface area contributed by atoms with Crippen LogP contribution in [0.2, 0.25) is 0 Å². The van der Waals surface area contributed by atoms with Crippen LogP contribution in [0.4, 0.5) is 5.69 Å². The zero-order valence-electron chi connectivity index (χ0n) is 7.78. The van der Waals surface area contributed by atoms with E-state index < -0.39 is 0 Å². The van der Waals surface area contributed by atoms with Gasteiger partial charge in [-0.05, 0) is 18.9 Å². The fourth-order valence-electron chi connectivity index (χ4n) is 1.16. The first-order chi connectivity index (χ1) is 6.19. The van der Waals surface area contributed by atoms with E-state index in [1.165, 1.54) is 6.07 Å². The monoisotopic (exact) mass is 180 g/mol. The third-order valence-electron chi connectivity index (χ3n) is 1.90. The molecule has 0 N–H and O–H groups in total. The lowest BCUT2D eigenvalue weighted by molar-refractivity contribution is -0.385. The van der Waals surface area contributed by atoms with Crippen molar-refractivity contribution in [1.82, 2.24) is 4.98 Å². The van der Waals surface area contributed by atoms with Gasteiger partial charge in [-0.2, -0.15) is 0 Å². The second-order valence-electron chi connectivity index (χ2n) is 2.73. The maximum absolute atomic E-state index is 10.5. The Kier molecular flexibility index (Phi) is 2.95. The number of hydrogen-bond acceptors (Lipinski definition) is 3. The minimum absolute atomic E-state index is 0.125. The molecule has 4 nitrogen and oxygen atoms in total. The van der Waals surface area contributed by atoms with Crippen molar-refractivity contribution < 1.29 is 4.92 Å². The van der Waals surface area contributed by atoms with E-state index in [9.17, 15) is 10.1 Å². The van der Waals surface area contributed by atoms with Crippen LogP contribution in [0.25, 0.3) is 0 Å². The molecule has 0 unspecified atom stereocenters. The SMILES string of the molecule is CCc1ccc([N+](=O)[O-])c(CC)n1. The van der Waals surface area contributed by atoms with Gasteiger partial charge in [0.25, 0.3) is 5.69 Å². The number of nitro groups is 1. The third kappa shape index (κ3) is 2.02. The molecule has 0 atom stereocenters. The minimum atomic E-state index is -0.384. The molecule has 0 spiro atoms. The summed E-state index contributed by atoms with van der Waals surface area (Å²) in [5.74, 6) is 0. The molecule has 1 aromatic heterocycles. The van der Waals surface area contributed by atoms with Crippen LogP contribution in [0.15, 0.2) is 12.1 Å².